The molecule has 2 N–H and O–H groups in total. The number of hydrogen-bond donors (Lipinski definition) is 2. The Morgan fingerprint density at radius 2 is 1.81 bits per heavy atom. The fourth-order valence-corrected chi connectivity index (χ4v) is 5.34. The predicted octanol–water partition coefficient (Wildman–Crippen LogP) is 5.69. The summed E-state index contributed by atoms with van der Waals surface area (Å²) in [4.78, 5) is 27.3. The number of hydrogen-bond acceptors (Lipinski definition) is 3. The van der Waals surface area contributed by atoms with Crippen molar-refractivity contribution in [1.29, 1.82) is 0 Å². The molecule has 5 nitrogen and oxygen atoms in total. The molecule has 1 fully saturated rings. The summed E-state index contributed by atoms with van der Waals surface area (Å²) in [5.74, 6) is -1.50. The minimum absolute atomic E-state index is 0.218. The summed E-state index contributed by atoms with van der Waals surface area (Å²) in [7, 11) is 0. The average molecular weight is 478 g/mol. The highest BCUT2D eigenvalue weighted by Crippen LogP contribution is 2.52. The molecule has 0 bridgehead atoms. The summed E-state index contributed by atoms with van der Waals surface area (Å²) in [6, 6.07) is 13.9. The minimum atomic E-state index is -1.12. The number of halogens is 2. The molecule has 0 spiro atoms. The normalized spacial score (nSPS) is 25.4. The summed E-state index contributed by atoms with van der Waals surface area (Å²) in [5.41, 5.74) is 0.681. The molecule has 0 radical (unpaired) electrons. The lowest BCUT2D eigenvalue weighted by atomic mass is 9.67. The van der Waals surface area contributed by atoms with Crippen LogP contribution >= 0.6 is 23.2 Å². The Balaban J connectivity index is 2.25. The fourth-order valence-electron chi connectivity index (χ4n) is 5.02. The lowest BCUT2D eigenvalue weighted by Crippen LogP contribution is -2.58. The van der Waals surface area contributed by atoms with Crippen molar-refractivity contribution in [3.8, 4) is 0 Å². The summed E-state index contributed by atoms with van der Waals surface area (Å²) < 4.78 is 0. The van der Waals surface area contributed by atoms with Crippen LogP contribution in [0.1, 0.15) is 63.1 Å². The second-order valence-corrected chi connectivity index (χ2v) is 9.79. The summed E-state index contributed by atoms with van der Waals surface area (Å²) in [6.45, 7) is 5.29. The highest BCUT2D eigenvalue weighted by atomic mass is 35.5. The Labute approximate surface area is 199 Å². The zero-order valence-corrected chi connectivity index (χ0v) is 20.0. The molecule has 1 aliphatic rings. The van der Waals surface area contributed by atoms with Gasteiger partial charge in [-0.3, -0.25) is 9.59 Å². The molecule has 3 rings (SSSR count). The molecule has 0 saturated carbocycles. The van der Waals surface area contributed by atoms with Gasteiger partial charge in [0.1, 0.15) is 0 Å². The number of carbonyl (C=O) groups excluding carboxylic acids is 1. The van der Waals surface area contributed by atoms with Crippen LogP contribution in [0.15, 0.2) is 48.5 Å². The first-order valence-electron chi connectivity index (χ1n) is 10.8. The molecule has 2 aromatic rings. The molecule has 1 saturated heterocycles. The van der Waals surface area contributed by atoms with Crippen molar-refractivity contribution in [3.05, 3.63) is 69.7 Å². The second-order valence-electron chi connectivity index (χ2n) is 8.92. The quantitative estimate of drug-likeness (QED) is 0.536. The number of rotatable bonds is 7. The first-order chi connectivity index (χ1) is 15.1. The van der Waals surface area contributed by atoms with E-state index in [1.54, 1.807) is 36.9 Å². The lowest BCUT2D eigenvalue weighted by molar-refractivity contribution is -0.163. The summed E-state index contributed by atoms with van der Waals surface area (Å²) in [5, 5.41) is 21.3. The number of nitrogens with zero attached hydrogens (tertiary/aromatic N) is 1. The maximum atomic E-state index is 13.9. The maximum absolute atomic E-state index is 13.9. The number of likely N-dealkylation sites (tertiary alicyclic amines) is 1. The number of carboxylic acid groups (broad SMARTS) is 1. The topological polar surface area (TPSA) is 77.8 Å². The van der Waals surface area contributed by atoms with Gasteiger partial charge >= 0.3 is 5.97 Å². The van der Waals surface area contributed by atoms with Crippen LogP contribution in [0, 0.1) is 5.41 Å². The number of aliphatic hydroxyl groups excluding tert-OH is 1. The summed E-state index contributed by atoms with van der Waals surface area (Å²) >= 11 is 12.4. The minimum Gasteiger partial charge on any atom is -0.481 e. The van der Waals surface area contributed by atoms with Gasteiger partial charge in [0.2, 0.25) is 5.91 Å². The molecule has 0 aromatic heterocycles. The largest absolute Gasteiger partial charge is 0.481 e. The van der Waals surface area contributed by atoms with Crippen molar-refractivity contribution in [3.63, 3.8) is 0 Å². The zero-order valence-electron chi connectivity index (χ0n) is 18.5. The van der Waals surface area contributed by atoms with Crippen molar-refractivity contribution in [1.82, 2.24) is 4.90 Å². The van der Waals surface area contributed by atoms with Crippen LogP contribution in [0.4, 0.5) is 0 Å². The number of aliphatic carboxylic acids is 1. The highest BCUT2D eigenvalue weighted by molar-refractivity contribution is 6.30. The SMILES string of the molecule is CCC(C(C)O)N1C(=O)[C@@](C)(CC(=O)O)C[C@H](c2cccc(Cl)c2)C1c1ccc(Cl)cc1. The van der Waals surface area contributed by atoms with E-state index in [-0.39, 0.29) is 18.2 Å². The molecule has 2 aromatic carbocycles. The molecule has 0 aliphatic carbocycles. The van der Waals surface area contributed by atoms with Crippen molar-refractivity contribution in [2.45, 2.75) is 64.1 Å². The van der Waals surface area contributed by atoms with Gasteiger partial charge in [-0.05, 0) is 55.2 Å². The molecular formula is C25H29Cl2NO4. The number of amides is 1. The molecular weight excluding hydrogens is 449 g/mol. The van der Waals surface area contributed by atoms with E-state index in [9.17, 15) is 19.8 Å². The van der Waals surface area contributed by atoms with Crippen molar-refractivity contribution in [2.24, 2.45) is 5.41 Å². The van der Waals surface area contributed by atoms with Gasteiger partial charge in [0.15, 0.2) is 0 Å². The predicted molar refractivity (Wildman–Crippen MR) is 126 cm³/mol. The standard InChI is InChI=1S/C25H29Cl2NO4/c1-4-21(15(2)29)28-23(16-8-10-18(26)11-9-16)20(17-6-5-7-19(27)12-17)13-25(3,24(28)32)14-22(30)31/h5-12,15,20-21,23,29H,4,13-14H2,1-3H3,(H,30,31)/t15?,20-,21?,23?,25-/m1/s1. The molecule has 1 heterocycles. The van der Waals surface area contributed by atoms with Gasteiger partial charge in [-0.25, -0.2) is 0 Å². The third-order valence-electron chi connectivity index (χ3n) is 6.46. The number of carbonyl (C=O) groups is 2. The van der Waals surface area contributed by atoms with E-state index in [1.807, 2.05) is 37.3 Å². The van der Waals surface area contributed by atoms with Crippen LogP contribution < -0.4 is 0 Å². The molecule has 5 atom stereocenters. The van der Waals surface area contributed by atoms with Crippen LogP contribution in [0.2, 0.25) is 10.0 Å². The van der Waals surface area contributed by atoms with Gasteiger partial charge in [-0.1, -0.05) is 61.3 Å². The van der Waals surface area contributed by atoms with Gasteiger partial charge in [-0.2, -0.15) is 0 Å². The van der Waals surface area contributed by atoms with Crippen LogP contribution in [-0.4, -0.2) is 39.1 Å². The van der Waals surface area contributed by atoms with Crippen LogP contribution in [-0.2, 0) is 9.59 Å². The molecule has 3 unspecified atom stereocenters. The molecule has 32 heavy (non-hydrogen) atoms. The Morgan fingerprint density at radius 3 is 2.34 bits per heavy atom. The zero-order chi connectivity index (χ0) is 23.6. The third kappa shape index (κ3) is 4.95. The number of aliphatic hydroxyl groups is 1. The fraction of sp³-hybridized carbons (Fsp3) is 0.440. The van der Waals surface area contributed by atoms with Crippen molar-refractivity contribution in [2.75, 3.05) is 0 Å². The monoisotopic (exact) mass is 477 g/mol. The first-order valence-corrected chi connectivity index (χ1v) is 11.6. The van der Waals surface area contributed by atoms with Gasteiger partial charge in [0, 0.05) is 16.0 Å². The van der Waals surface area contributed by atoms with Gasteiger partial charge in [0.25, 0.3) is 0 Å². The van der Waals surface area contributed by atoms with E-state index in [2.05, 4.69) is 0 Å². The molecule has 7 heteroatoms. The van der Waals surface area contributed by atoms with E-state index < -0.39 is 29.6 Å². The number of carboxylic acids is 1. The molecule has 1 amide bonds. The Hall–Kier alpha value is -2.08. The average Bonchev–Trinajstić information content (AvgIpc) is 2.71. The van der Waals surface area contributed by atoms with Gasteiger partial charge in [0.05, 0.1) is 30.0 Å². The Kier molecular flexibility index (Phi) is 7.53. The van der Waals surface area contributed by atoms with Crippen molar-refractivity contribution < 1.29 is 19.8 Å². The second kappa shape index (κ2) is 9.82. The van der Waals surface area contributed by atoms with Crippen molar-refractivity contribution >= 4 is 35.1 Å². The smallest absolute Gasteiger partial charge is 0.304 e. The third-order valence-corrected chi connectivity index (χ3v) is 6.95. The number of benzene rings is 2. The highest BCUT2D eigenvalue weighted by Gasteiger charge is 2.52. The van der Waals surface area contributed by atoms with E-state index in [4.69, 9.17) is 23.2 Å². The van der Waals surface area contributed by atoms with Gasteiger partial charge < -0.3 is 15.1 Å². The van der Waals surface area contributed by atoms with E-state index >= 15 is 0 Å². The van der Waals surface area contributed by atoms with Crippen LogP contribution in [0.3, 0.4) is 0 Å². The molecule has 1 aliphatic heterocycles. The summed E-state index contributed by atoms with van der Waals surface area (Å²) in [6.07, 6.45) is -0.202. The van der Waals surface area contributed by atoms with E-state index in [1.165, 1.54) is 0 Å². The number of piperidine rings is 1. The van der Waals surface area contributed by atoms with Crippen LogP contribution in [0.25, 0.3) is 0 Å². The lowest BCUT2D eigenvalue weighted by Gasteiger charge is -2.52. The maximum Gasteiger partial charge on any atom is 0.304 e. The van der Waals surface area contributed by atoms with E-state index in [0.29, 0.717) is 22.9 Å². The Morgan fingerprint density at radius 1 is 1.16 bits per heavy atom. The molecule has 172 valence electrons. The first kappa shape index (κ1) is 24.6. The van der Waals surface area contributed by atoms with E-state index in [0.717, 1.165) is 11.1 Å². The van der Waals surface area contributed by atoms with Gasteiger partial charge in [-0.15, -0.1) is 0 Å². The van der Waals surface area contributed by atoms with Crippen LogP contribution in [0.5, 0.6) is 0 Å². The Bertz CT molecular complexity index is 978.